The molecule has 0 radical (unpaired) electrons. The Morgan fingerprint density at radius 1 is 0.283 bits per heavy atom. The molecular formula is C44H26S2. The fraction of sp³-hybridized carbons (Fsp3) is 0. The summed E-state index contributed by atoms with van der Waals surface area (Å²) in [6.45, 7) is 0. The van der Waals surface area contributed by atoms with Gasteiger partial charge in [0.15, 0.2) is 0 Å². The van der Waals surface area contributed by atoms with Crippen molar-refractivity contribution in [3.8, 4) is 33.4 Å². The molecule has 46 heavy (non-hydrogen) atoms. The fourth-order valence-electron chi connectivity index (χ4n) is 7.50. The van der Waals surface area contributed by atoms with E-state index >= 15 is 0 Å². The summed E-state index contributed by atoms with van der Waals surface area (Å²) in [5.74, 6) is 0. The third kappa shape index (κ3) is 3.78. The van der Waals surface area contributed by atoms with Crippen LogP contribution in [-0.2, 0) is 0 Å². The molecule has 0 aliphatic rings. The number of hydrogen-bond donors (Lipinski definition) is 0. The van der Waals surface area contributed by atoms with E-state index in [1.807, 2.05) is 22.7 Å². The largest absolute Gasteiger partial charge is 0.135 e. The predicted octanol–water partition coefficient (Wildman–Crippen LogP) is 13.7. The van der Waals surface area contributed by atoms with Gasteiger partial charge in [0.25, 0.3) is 0 Å². The molecular weight excluding hydrogens is 593 g/mol. The van der Waals surface area contributed by atoms with Crippen LogP contribution in [0.15, 0.2) is 158 Å². The van der Waals surface area contributed by atoms with Crippen LogP contribution in [0.3, 0.4) is 0 Å². The van der Waals surface area contributed by atoms with E-state index in [-0.39, 0.29) is 0 Å². The maximum atomic E-state index is 2.43. The fourth-order valence-corrected chi connectivity index (χ4v) is 9.91. The predicted molar refractivity (Wildman–Crippen MR) is 204 cm³/mol. The van der Waals surface area contributed by atoms with Gasteiger partial charge in [-0.15, -0.1) is 22.7 Å². The molecule has 10 aromatic rings. The minimum absolute atomic E-state index is 1.24. The minimum atomic E-state index is 1.24. The van der Waals surface area contributed by atoms with Gasteiger partial charge in [0.1, 0.15) is 0 Å². The Labute approximate surface area is 274 Å². The summed E-state index contributed by atoms with van der Waals surface area (Å²) in [7, 11) is 0. The highest BCUT2D eigenvalue weighted by molar-refractivity contribution is 7.28. The van der Waals surface area contributed by atoms with E-state index in [4.69, 9.17) is 0 Å². The number of thiophene rings is 2. The summed E-state index contributed by atoms with van der Waals surface area (Å²) in [4.78, 5) is 0. The summed E-state index contributed by atoms with van der Waals surface area (Å²) in [5.41, 5.74) is 7.71. The molecule has 2 aromatic heterocycles. The SMILES string of the molecule is c1ccc(-c2c3ccccc3c(-c3ccc(-c4c5sc6ccccc6c5cc5sc6ccccc6c45)cc3)c3ccccc23)cc1. The molecule has 8 aromatic carbocycles. The molecule has 0 nitrogen and oxygen atoms in total. The second-order valence-electron chi connectivity index (χ2n) is 12.0. The molecule has 0 saturated heterocycles. The average molecular weight is 619 g/mol. The van der Waals surface area contributed by atoms with Gasteiger partial charge in [-0.1, -0.05) is 140 Å². The van der Waals surface area contributed by atoms with Crippen LogP contribution >= 0.6 is 22.7 Å². The lowest BCUT2D eigenvalue weighted by Gasteiger charge is -2.18. The van der Waals surface area contributed by atoms with Gasteiger partial charge in [-0.05, 0) is 67.6 Å². The molecule has 2 heteroatoms. The smallest absolute Gasteiger partial charge is 0.0441 e. The van der Waals surface area contributed by atoms with Crippen LogP contribution in [0.25, 0.3) is 95.3 Å². The first-order chi connectivity index (χ1) is 22.8. The van der Waals surface area contributed by atoms with Crippen molar-refractivity contribution in [2.45, 2.75) is 0 Å². The molecule has 0 fully saturated rings. The molecule has 0 spiro atoms. The summed E-state index contributed by atoms with van der Waals surface area (Å²) in [5, 5.41) is 10.5. The Bertz CT molecular complexity index is 2720. The normalized spacial score (nSPS) is 11.9. The van der Waals surface area contributed by atoms with Gasteiger partial charge in [-0.25, -0.2) is 0 Å². The topological polar surface area (TPSA) is 0 Å². The van der Waals surface area contributed by atoms with Crippen molar-refractivity contribution in [1.82, 2.24) is 0 Å². The van der Waals surface area contributed by atoms with Crippen molar-refractivity contribution >= 4 is 84.6 Å². The zero-order valence-corrected chi connectivity index (χ0v) is 26.5. The van der Waals surface area contributed by atoms with E-state index in [1.54, 1.807) is 0 Å². The Morgan fingerprint density at radius 2 is 0.717 bits per heavy atom. The summed E-state index contributed by atoms with van der Waals surface area (Å²) < 4.78 is 5.40. The highest BCUT2D eigenvalue weighted by Crippen LogP contribution is 2.49. The van der Waals surface area contributed by atoms with Gasteiger partial charge < -0.3 is 0 Å². The van der Waals surface area contributed by atoms with E-state index in [9.17, 15) is 0 Å². The van der Waals surface area contributed by atoms with Crippen molar-refractivity contribution < 1.29 is 0 Å². The number of rotatable bonds is 3. The molecule has 0 atom stereocenters. The summed E-state index contributed by atoms with van der Waals surface area (Å²) >= 11 is 3.82. The quantitative estimate of drug-likeness (QED) is 0.173. The van der Waals surface area contributed by atoms with Crippen LogP contribution in [0.2, 0.25) is 0 Å². The highest BCUT2D eigenvalue weighted by atomic mass is 32.1. The average Bonchev–Trinajstić information content (AvgIpc) is 3.68. The Balaban J connectivity index is 1.25. The molecule has 0 N–H and O–H groups in total. The van der Waals surface area contributed by atoms with Gasteiger partial charge in [-0.3, -0.25) is 0 Å². The van der Waals surface area contributed by atoms with Crippen LogP contribution in [0.5, 0.6) is 0 Å². The Hall–Kier alpha value is -5.28. The molecule has 214 valence electrons. The van der Waals surface area contributed by atoms with Gasteiger partial charge in [-0.2, -0.15) is 0 Å². The Kier molecular flexibility index (Phi) is 5.72. The molecule has 0 saturated carbocycles. The molecule has 2 heterocycles. The van der Waals surface area contributed by atoms with Gasteiger partial charge in [0, 0.05) is 45.9 Å². The minimum Gasteiger partial charge on any atom is -0.135 e. The van der Waals surface area contributed by atoms with Crippen LogP contribution in [-0.4, -0.2) is 0 Å². The maximum absolute atomic E-state index is 2.43. The van der Waals surface area contributed by atoms with Crippen LogP contribution < -0.4 is 0 Å². The van der Waals surface area contributed by atoms with Crippen LogP contribution in [0, 0.1) is 0 Å². The lowest BCUT2D eigenvalue weighted by Crippen LogP contribution is -1.90. The highest BCUT2D eigenvalue weighted by Gasteiger charge is 2.20. The Morgan fingerprint density at radius 3 is 1.30 bits per heavy atom. The third-order valence-corrected chi connectivity index (χ3v) is 11.8. The summed E-state index contributed by atoms with van der Waals surface area (Å²) in [6.07, 6.45) is 0. The van der Waals surface area contributed by atoms with Crippen molar-refractivity contribution in [3.63, 3.8) is 0 Å². The molecule has 0 aliphatic carbocycles. The third-order valence-electron chi connectivity index (χ3n) is 9.47. The number of hydrogen-bond acceptors (Lipinski definition) is 2. The first-order valence-electron chi connectivity index (χ1n) is 15.7. The molecule has 0 bridgehead atoms. The van der Waals surface area contributed by atoms with Crippen molar-refractivity contribution in [3.05, 3.63) is 158 Å². The van der Waals surface area contributed by atoms with E-state index in [0.29, 0.717) is 0 Å². The molecule has 10 rings (SSSR count). The standard InChI is InChI=1S/C44H26S2/c1-2-12-27(13-3-1)40-31-15-4-6-17-33(31)41(34-18-7-5-16-32(34)40)28-22-24-29(25-23-28)42-43-35-19-9-11-21-38(35)45-39(43)26-36-30-14-8-10-20-37(30)46-44(36)42/h1-26H. The second kappa shape index (κ2) is 10.1. The van der Waals surface area contributed by atoms with E-state index in [1.165, 1.54) is 95.3 Å². The van der Waals surface area contributed by atoms with Crippen LogP contribution in [0.1, 0.15) is 0 Å². The van der Waals surface area contributed by atoms with Crippen molar-refractivity contribution in [1.29, 1.82) is 0 Å². The van der Waals surface area contributed by atoms with E-state index in [0.717, 1.165) is 0 Å². The molecule has 0 amide bonds. The van der Waals surface area contributed by atoms with Crippen molar-refractivity contribution in [2.24, 2.45) is 0 Å². The lowest BCUT2D eigenvalue weighted by atomic mass is 9.85. The van der Waals surface area contributed by atoms with E-state index < -0.39 is 0 Å². The van der Waals surface area contributed by atoms with Gasteiger partial charge in [0.2, 0.25) is 0 Å². The lowest BCUT2D eigenvalue weighted by molar-refractivity contribution is 1.65. The summed E-state index contributed by atoms with van der Waals surface area (Å²) in [6, 6.07) is 58.2. The number of fused-ring (bicyclic) bond motifs is 8. The van der Waals surface area contributed by atoms with Crippen LogP contribution in [0.4, 0.5) is 0 Å². The molecule has 0 aliphatic heterocycles. The second-order valence-corrected chi connectivity index (χ2v) is 14.1. The zero-order chi connectivity index (χ0) is 30.2. The monoisotopic (exact) mass is 618 g/mol. The van der Waals surface area contributed by atoms with Crippen molar-refractivity contribution in [2.75, 3.05) is 0 Å². The maximum Gasteiger partial charge on any atom is 0.0441 e. The van der Waals surface area contributed by atoms with Gasteiger partial charge >= 0.3 is 0 Å². The zero-order valence-electron chi connectivity index (χ0n) is 24.8. The van der Waals surface area contributed by atoms with Gasteiger partial charge in [0.05, 0.1) is 0 Å². The number of benzene rings is 8. The molecule has 0 unspecified atom stereocenters. The first kappa shape index (κ1) is 26.0. The van der Waals surface area contributed by atoms with E-state index in [2.05, 4.69) is 158 Å². The first-order valence-corrected chi connectivity index (χ1v) is 17.3.